The molecule has 1 fully saturated rings. The van der Waals surface area contributed by atoms with E-state index in [1.54, 1.807) is 26.0 Å². The number of hydrazine groups is 1. The van der Waals surface area contributed by atoms with Gasteiger partial charge in [0.15, 0.2) is 12.0 Å². The van der Waals surface area contributed by atoms with Crippen LogP contribution in [0.25, 0.3) is 0 Å². The molecule has 5 N–H and O–H groups in total. The molecule has 0 radical (unpaired) electrons. The molecule has 0 aromatic heterocycles. The average Bonchev–Trinajstić information content (AvgIpc) is 2.58. The van der Waals surface area contributed by atoms with Crippen molar-refractivity contribution in [2.45, 2.75) is 76.5 Å². The fourth-order valence-corrected chi connectivity index (χ4v) is 5.28. The van der Waals surface area contributed by atoms with Gasteiger partial charge < -0.3 is 10.8 Å². The number of ketones is 1. The van der Waals surface area contributed by atoms with Gasteiger partial charge >= 0.3 is 0 Å². The molecular formula is C19H31N3O4S. The molecule has 2 atom stereocenters. The van der Waals surface area contributed by atoms with E-state index in [9.17, 15) is 18.3 Å². The Morgan fingerprint density at radius 2 is 1.74 bits per heavy atom. The van der Waals surface area contributed by atoms with Gasteiger partial charge in [-0.15, -0.1) is 4.83 Å². The van der Waals surface area contributed by atoms with Crippen LogP contribution in [-0.4, -0.2) is 31.6 Å². The second-order valence-corrected chi connectivity index (χ2v) is 9.25. The molecule has 2 rings (SSSR count). The lowest BCUT2D eigenvalue weighted by Gasteiger charge is -2.25. The van der Waals surface area contributed by atoms with E-state index in [0.717, 1.165) is 31.2 Å². The number of Topliss-reactive ketones (excluding diaryl/α,β-unsaturated/α-hetero) is 1. The molecule has 1 saturated carbocycles. The highest BCUT2D eigenvalue weighted by Gasteiger charge is 2.28. The third-order valence-electron chi connectivity index (χ3n) is 5.15. The van der Waals surface area contributed by atoms with Crippen molar-refractivity contribution in [3.8, 4) is 0 Å². The van der Waals surface area contributed by atoms with Crippen molar-refractivity contribution < 1.29 is 18.3 Å². The number of carbonyl (C=O) groups is 1. The van der Waals surface area contributed by atoms with Crippen LogP contribution in [0.2, 0.25) is 0 Å². The molecule has 0 aliphatic heterocycles. The standard InChI is InChI=1S/C19H31N3O4S/c1-12-9-13(2)18(14(3)10-12)27(25,26)22-21-19(24)17(23)16(20)11-15-7-5-4-6-8-15/h9-10,15-16,19,21-22,24H,4-8,11,20H2,1-3H3/t16-,19?/m1/s1. The highest BCUT2D eigenvalue weighted by molar-refractivity contribution is 7.89. The highest BCUT2D eigenvalue weighted by atomic mass is 32.2. The lowest BCUT2D eigenvalue weighted by Crippen LogP contribution is -2.53. The van der Waals surface area contributed by atoms with Gasteiger partial charge in [0.2, 0.25) is 0 Å². The molecule has 27 heavy (non-hydrogen) atoms. The summed E-state index contributed by atoms with van der Waals surface area (Å²) in [5.74, 6) is -0.222. The Morgan fingerprint density at radius 3 is 2.30 bits per heavy atom. The van der Waals surface area contributed by atoms with Crippen LogP contribution in [0.4, 0.5) is 0 Å². The minimum absolute atomic E-state index is 0.131. The third-order valence-corrected chi connectivity index (χ3v) is 6.72. The lowest BCUT2D eigenvalue weighted by atomic mass is 9.84. The van der Waals surface area contributed by atoms with Crippen LogP contribution in [-0.2, 0) is 14.8 Å². The number of rotatable bonds is 8. The summed E-state index contributed by atoms with van der Waals surface area (Å²) in [6.45, 7) is 5.30. The predicted molar refractivity (Wildman–Crippen MR) is 104 cm³/mol. The monoisotopic (exact) mass is 397 g/mol. The van der Waals surface area contributed by atoms with E-state index < -0.39 is 28.1 Å². The quantitative estimate of drug-likeness (QED) is 0.390. The van der Waals surface area contributed by atoms with E-state index >= 15 is 0 Å². The largest absolute Gasteiger partial charge is 0.370 e. The molecule has 1 aliphatic rings. The zero-order chi connectivity index (χ0) is 20.2. The summed E-state index contributed by atoms with van der Waals surface area (Å²) in [4.78, 5) is 14.5. The zero-order valence-electron chi connectivity index (χ0n) is 16.3. The summed E-state index contributed by atoms with van der Waals surface area (Å²) in [5, 5.41) is 10.0. The SMILES string of the molecule is Cc1cc(C)c(S(=O)(=O)NNC(O)C(=O)[C@H](N)CC2CCCCC2)c(C)c1. The van der Waals surface area contributed by atoms with E-state index in [1.165, 1.54) is 6.42 Å². The van der Waals surface area contributed by atoms with Crippen molar-refractivity contribution in [1.82, 2.24) is 10.3 Å². The number of hydrogen-bond acceptors (Lipinski definition) is 6. The maximum Gasteiger partial charge on any atom is 0.253 e. The summed E-state index contributed by atoms with van der Waals surface area (Å²) in [6, 6.07) is 2.72. The molecule has 1 aliphatic carbocycles. The van der Waals surface area contributed by atoms with Crippen LogP contribution < -0.4 is 16.0 Å². The molecule has 152 valence electrons. The molecular weight excluding hydrogens is 366 g/mol. The van der Waals surface area contributed by atoms with Gasteiger partial charge in [0.25, 0.3) is 10.0 Å². The van der Waals surface area contributed by atoms with Gasteiger partial charge in [0.1, 0.15) is 0 Å². The summed E-state index contributed by atoms with van der Waals surface area (Å²) in [7, 11) is -3.93. The van der Waals surface area contributed by atoms with E-state index in [-0.39, 0.29) is 4.90 Å². The highest BCUT2D eigenvalue weighted by Crippen LogP contribution is 2.27. The Hall–Kier alpha value is -1.32. The Labute approximate surface area is 161 Å². The minimum Gasteiger partial charge on any atom is -0.370 e. The number of aryl methyl sites for hydroxylation is 3. The number of nitrogens with one attached hydrogen (secondary N) is 2. The Kier molecular flexibility index (Phi) is 7.53. The molecule has 0 heterocycles. The summed E-state index contributed by atoms with van der Waals surface area (Å²) in [6.07, 6.45) is 4.41. The van der Waals surface area contributed by atoms with Crippen LogP contribution in [0.5, 0.6) is 0 Å². The first-order chi connectivity index (χ1) is 12.6. The molecule has 0 bridgehead atoms. The van der Waals surface area contributed by atoms with Crippen LogP contribution in [0.3, 0.4) is 0 Å². The number of nitrogens with two attached hydrogens (primary N) is 1. The second kappa shape index (κ2) is 9.25. The topological polar surface area (TPSA) is 122 Å². The van der Waals surface area contributed by atoms with Gasteiger partial charge in [0.05, 0.1) is 10.9 Å². The van der Waals surface area contributed by atoms with Gasteiger partial charge in [0, 0.05) is 0 Å². The summed E-state index contributed by atoms with van der Waals surface area (Å²) < 4.78 is 25.1. The van der Waals surface area contributed by atoms with Crippen LogP contribution in [0.1, 0.15) is 55.2 Å². The van der Waals surface area contributed by atoms with Crippen LogP contribution in [0.15, 0.2) is 17.0 Å². The summed E-state index contributed by atoms with van der Waals surface area (Å²) in [5.41, 5.74) is 10.3. The first kappa shape index (κ1) is 22.0. The molecule has 1 aromatic rings. The maximum absolute atomic E-state index is 12.6. The Balaban J connectivity index is 1.97. The van der Waals surface area contributed by atoms with Crippen molar-refractivity contribution in [1.29, 1.82) is 0 Å². The van der Waals surface area contributed by atoms with Crippen molar-refractivity contribution >= 4 is 15.8 Å². The number of carbonyl (C=O) groups excluding carboxylic acids is 1. The second-order valence-electron chi connectivity index (χ2n) is 7.63. The zero-order valence-corrected chi connectivity index (χ0v) is 17.1. The lowest BCUT2D eigenvalue weighted by molar-refractivity contribution is -0.130. The predicted octanol–water partition coefficient (Wildman–Crippen LogP) is 1.58. The fraction of sp³-hybridized carbons (Fsp3) is 0.632. The van der Waals surface area contributed by atoms with Gasteiger partial charge in [-0.3, -0.25) is 4.79 Å². The molecule has 7 nitrogen and oxygen atoms in total. The maximum atomic E-state index is 12.6. The normalized spacial score (nSPS) is 18.3. The molecule has 0 spiro atoms. The molecule has 8 heteroatoms. The number of sulfonamides is 1. The Morgan fingerprint density at radius 1 is 1.19 bits per heavy atom. The van der Waals surface area contributed by atoms with Crippen molar-refractivity contribution in [2.75, 3.05) is 0 Å². The van der Waals surface area contributed by atoms with Crippen molar-refractivity contribution in [3.63, 3.8) is 0 Å². The molecule has 1 unspecified atom stereocenters. The van der Waals surface area contributed by atoms with E-state index in [4.69, 9.17) is 5.73 Å². The number of aliphatic hydroxyl groups is 1. The average molecular weight is 398 g/mol. The van der Waals surface area contributed by atoms with Crippen LogP contribution >= 0.6 is 0 Å². The number of aliphatic hydroxyl groups excluding tert-OH is 1. The minimum atomic E-state index is -3.93. The number of benzene rings is 1. The van der Waals surface area contributed by atoms with Gasteiger partial charge in [-0.2, -0.15) is 0 Å². The molecule has 0 saturated heterocycles. The van der Waals surface area contributed by atoms with Crippen molar-refractivity contribution in [2.24, 2.45) is 11.7 Å². The number of hydrogen-bond donors (Lipinski definition) is 4. The molecule has 1 aromatic carbocycles. The summed E-state index contributed by atoms with van der Waals surface area (Å²) >= 11 is 0. The van der Waals surface area contributed by atoms with Gasteiger partial charge in [-0.05, 0) is 44.2 Å². The smallest absolute Gasteiger partial charge is 0.253 e. The Bertz CT molecular complexity index is 750. The van der Waals surface area contributed by atoms with Gasteiger partial charge in [-0.25, -0.2) is 13.8 Å². The third kappa shape index (κ3) is 5.83. The first-order valence-corrected chi connectivity index (χ1v) is 10.9. The van der Waals surface area contributed by atoms with Gasteiger partial charge in [-0.1, -0.05) is 49.8 Å². The first-order valence-electron chi connectivity index (χ1n) is 9.44. The molecule has 0 amide bonds. The van der Waals surface area contributed by atoms with Crippen molar-refractivity contribution in [3.05, 3.63) is 28.8 Å². The fourth-order valence-electron chi connectivity index (χ4n) is 3.95. The van der Waals surface area contributed by atoms with E-state index in [2.05, 4.69) is 10.3 Å². The van der Waals surface area contributed by atoms with E-state index in [1.807, 2.05) is 6.92 Å². The van der Waals surface area contributed by atoms with E-state index in [0.29, 0.717) is 23.5 Å². The van der Waals surface area contributed by atoms with Crippen LogP contribution in [0, 0.1) is 26.7 Å².